The highest BCUT2D eigenvalue weighted by Gasteiger charge is 2.14. The maximum absolute atomic E-state index is 12.2. The van der Waals surface area contributed by atoms with Gasteiger partial charge in [-0.05, 0) is 19.1 Å². The van der Waals surface area contributed by atoms with Gasteiger partial charge in [0.1, 0.15) is 12.3 Å². The largest absolute Gasteiger partial charge is 0.496 e. The van der Waals surface area contributed by atoms with Gasteiger partial charge < -0.3 is 15.2 Å². The van der Waals surface area contributed by atoms with E-state index in [1.807, 2.05) is 13.0 Å². The first-order valence-corrected chi connectivity index (χ1v) is 6.07. The Balaban J connectivity index is 2.16. The molecule has 2 rings (SSSR count). The van der Waals surface area contributed by atoms with Crippen molar-refractivity contribution < 1.29 is 19.4 Å². The second kappa shape index (κ2) is 6.04. The maximum atomic E-state index is 12.2. The van der Waals surface area contributed by atoms with E-state index < -0.39 is 11.9 Å². The third-order valence-electron chi connectivity index (χ3n) is 2.68. The number of carbonyl (C=O) groups excluding carboxylic acids is 1. The molecule has 0 saturated heterocycles. The number of rotatable bonds is 5. The summed E-state index contributed by atoms with van der Waals surface area (Å²) in [7, 11) is 1.48. The van der Waals surface area contributed by atoms with E-state index >= 15 is 0 Å². The Kier molecular flexibility index (Phi) is 4.17. The van der Waals surface area contributed by atoms with Crippen molar-refractivity contribution in [3.8, 4) is 5.75 Å². The average molecular weight is 290 g/mol. The van der Waals surface area contributed by atoms with Crippen LogP contribution in [0.4, 0.5) is 5.82 Å². The lowest BCUT2D eigenvalue weighted by molar-refractivity contribution is -0.137. The summed E-state index contributed by atoms with van der Waals surface area (Å²) in [6, 6.07) is 5.22. The first-order valence-electron chi connectivity index (χ1n) is 6.07. The summed E-state index contributed by atoms with van der Waals surface area (Å²) in [5.41, 5.74) is 1.28. The number of nitrogens with one attached hydrogen (secondary N) is 1. The lowest BCUT2D eigenvalue weighted by Gasteiger charge is -2.08. The van der Waals surface area contributed by atoms with Gasteiger partial charge >= 0.3 is 5.97 Å². The van der Waals surface area contributed by atoms with Gasteiger partial charge in [0.2, 0.25) is 0 Å². The molecule has 0 radical (unpaired) electrons. The van der Waals surface area contributed by atoms with Crippen molar-refractivity contribution in [1.82, 2.24) is 15.0 Å². The number of amides is 1. The van der Waals surface area contributed by atoms with Crippen LogP contribution in [0.1, 0.15) is 15.9 Å². The fourth-order valence-corrected chi connectivity index (χ4v) is 1.75. The fraction of sp³-hybridized carbons (Fsp3) is 0.231. The third-order valence-corrected chi connectivity index (χ3v) is 2.68. The zero-order chi connectivity index (χ0) is 15.4. The van der Waals surface area contributed by atoms with Gasteiger partial charge in [-0.25, -0.2) is 4.68 Å². The molecule has 0 aliphatic heterocycles. The van der Waals surface area contributed by atoms with Gasteiger partial charge in [-0.15, -0.1) is 5.10 Å². The second-order valence-electron chi connectivity index (χ2n) is 4.35. The van der Waals surface area contributed by atoms with Crippen molar-refractivity contribution in [3.63, 3.8) is 0 Å². The summed E-state index contributed by atoms with van der Waals surface area (Å²) < 4.78 is 6.25. The van der Waals surface area contributed by atoms with Crippen LogP contribution in [0.25, 0.3) is 0 Å². The van der Waals surface area contributed by atoms with Gasteiger partial charge in [0, 0.05) is 0 Å². The van der Waals surface area contributed by atoms with E-state index in [0.717, 1.165) is 10.2 Å². The number of benzene rings is 1. The normalized spacial score (nSPS) is 10.2. The number of aryl methyl sites for hydroxylation is 1. The van der Waals surface area contributed by atoms with Crippen molar-refractivity contribution in [3.05, 3.63) is 35.5 Å². The van der Waals surface area contributed by atoms with Gasteiger partial charge in [-0.1, -0.05) is 16.8 Å². The van der Waals surface area contributed by atoms with Gasteiger partial charge in [0.25, 0.3) is 5.91 Å². The number of anilines is 1. The summed E-state index contributed by atoms with van der Waals surface area (Å²) in [6.45, 7) is 1.54. The zero-order valence-corrected chi connectivity index (χ0v) is 11.5. The molecular formula is C13H14N4O4. The molecule has 21 heavy (non-hydrogen) atoms. The summed E-state index contributed by atoms with van der Waals surface area (Å²) in [4.78, 5) is 22.7. The Labute approximate surface area is 120 Å². The van der Waals surface area contributed by atoms with Crippen LogP contribution >= 0.6 is 0 Å². The summed E-state index contributed by atoms with van der Waals surface area (Å²) in [6.07, 6.45) is 1.34. The Morgan fingerprint density at radius 1 is 1.43 bits per heavy atom. The SMILES string of the molecule is COc1ccc(C)cc1C(=O)Nc1cn(CC(=O)O)nn1. The minimum absolute atomic E-state index is 0.171. The van der Waals surface area contributed by atoms with Crippen LogP contribution in [0.3, 0.4) is 0 Å². The molecular weight excluding hydrogens is 276 g/mol. The molecule has 1 aromatic heterocycles. The molecule has 0 aliphatic carbocycles. The lowest BCUT2D eigenvalue weighted by Crippen LogP contribution is -2.14. The highest BCUT2D eigenvalue weighted by Crippen LogP contribution is 2.20. The van der Waals surface area contributed by atoms with Crippen molar-refractivity contribution in [1.29, 1.82) is 0 Å². The number of ether oxygens (including phenoxy) is 1. The molecule has 0 atom stereocenters. The smallest absolute Gasteiger partial charge is 0.325 e. The van der Waals surface area contributed by atoms with Crippen LogP contribution in [0.15, 0.2) is 24.4 Å². The van der Waals surface area contributed by atoms with Crippen LogP contribution in [-0.2, 0) is 11.3 Å². The van der Waals surface area contributed by atoms with Crippen molar-refractivity contribution in [2.24, 2.45) is 0 Å². The van der Waals surface area contributed by atoms with E-state index in [1.165, 1.54) is 13.3 Å². The molecule has 0 fully saturated rings. The number of aromatic nitrogens is 3. The fourth-order valence-electron chi connectivity index (χ4n) is 1.75. The molecule has 0 aliphatic rings. The van der Waals surface area contributed by atoms with Gasteiger partial charge in [-0.2, -0.15) is 0 Å². The Morgan fingerprint density at radius 2 is 2.19 bits per heavy atom. The summed E-state index contributed by atoms with van der Waals surface area (Å²) in [5, 5.41) is 18.5. The maximum Gasteiger partial charge on any atom is 0.325 e. The van der Waals surface area contributed by atoms with E-state index in [2.05, 4.69) is 15.6 Å². The highest BCUT2D eigenvalue weighted by molar-refractivity contribution is 6.05. The minimum atomic E-state index is -1.04. The number of carboxylic acids is 1. The Hall–Kier alpha value is -2.90. The topological polar surface area (TPSA) is 106 Å². The first-order chi connectivity index (χ1) is 9.99. The van der Waals surface area contributed by atoms with Crippen molar-refractivity contribution in [2.45, 2.75) is 13.5 Å². The molecule has 1 amide bonds. The first kappa shape index (κ1) is 14.5. The molecule has 2 N–H and O–H groups in total. The quantitative estimate of drug-likeness (QED) is 0.848. The predicted octanol–water partition coefficient (Wildman–Crippen LogP) is 0.932. The average Bonchev–Trinajstić information content (AvgIpc) is 2.85. The van der Waals surface area contributed by atoms with Crippen LogP contribution < -0.4 is 10.1 Å². The summed E-state index contributed by atoms with van der Waals surface area (Å²) in [5.74, 6) is -0.836. The second-order valence-corrected chi connectivity index (χ2v) is 4.35. The number of aliphatic carboxylic acids is 1. The minimum Gasteiger partial charge on any atom is -0.496 e. The van der Waals surface area contributed by atoms with Crippen LogP contribution in [0.2, 0.25) is 0 Å². The standard InChI is InChI=1S/C13H14N4O4/c1-8-3-4-10(21-2)9(5-8)13(20)14-11-6-17(16-15-11)7-12(18)19/h3-6H,7H2,1-2H3,(H,14,20)(H,18,19). The number of hydrogen-bond acceptors (Lipinski definition) is 5. The Morgan fingerprint density at radius 3 is 2.86 bits per heavy atom. The van der Waals surface area contributed by atoms with E-state index in [4.69, 9.17) is 9.84 Å². The van der Waals surface area contributed by atoms with Crippen LogP contribution in [-0.4, -0.2) is 39.1 Å². The molecule has 0 spiro atoms. The molecule has 2 aromatic rings. The predicted molar refractivity (Wildman–Crippen MR) is 73.3 cm³/mol. The number of nitrogens with zero attached hydrogens (tertiary/aromatic N) is 3. The Bertz CT molecular complexity index is 681. The zero-order valence-electron chi connectivity index (χ0n) is 11.5. The van der Waals surface area contributed by atoms with Gasteiger partial charge in [-0.3, -0.25) is 9.59 Å². The van der Waals surface area contributed by atoms with E-state index in [1.54, 1.807) is 12.1 Å². The lowest BCUT2D eigenvalue weighted by atomic mass is 10.1. The van der Waals surface area contributed by atoms with E-state index in [0.29, 0.717) is 11.3 Å². The summed E-state index contributed by atoms with van der Waals surface area (Å²) >= 11 is 0. The molecule has 0 saturated carbocycles. The monoisotopic (exact) mass is 290 g/mol. The van der Waals surface area contributed by atoms with Crippen LogP contribution in [0, 0.1) is 6.92 Å². The highest BCUT2D eigenvalue weighted by atomic mass is 16.5. The number of hydrogen-bond donors (Lipinski definition) is 2. The molecule has 8 heteroatoms. The van der Waals surface area contributed by atoms with Crippen molar-refractivity contribution in [2.75, 3.05) is 12.4 Å². The van der Waals surface area contributed by atoms with Crippen LogP contribution in [0.5, 0.6) is 5.75 Å². The van der Waals surface area contributed by atoms with Gasteiger partial charge in [0.15, 0.2) is 5.82 Å². The van der Waals surface area contributed by atoms with Crippen molar-refractivity contribution >= 4 is 17.7 Å². The van der Waals surface area contributed by atoms with E-state index in [9.17, 15) is 9.59 Å². The number of methoxy groups -OCH3 is 1. The molecule has 0 bridgehead atoms. The van der Waals surface area contributed by atoms with Gasteiger partial charge in [0.05, 0.1) is 18.9 Å². The van der Waals surface area contributed by atoms with E-state index in [-0.39, 0.29) is 12.4 Å². The molecule has 1 aromatic carbocycles. The number of carbonyl (C=O) groups is 2. The molecule has 0 unspecified atom stereocenters. The number of carboxylic acid groups (broad SMARTS) is 1. The molecule has 110 valence electrons. The molecule has 1 heterocycles. The third kappa shape index (κ3) is 3.56. The molecule has 8 nitrogen and oxygen atoms in total.